The second-order valence-electron chi connectivity index (χ2n) is 3.68. The Morgan fingerprint density at radius 3 is 2.67 bits per heavy atom. The van der Waals surface area contributed by atoms with E-state index in [2.05, 4.69) is 25.9 Å². The first-order chi connectivity index (χ1) is 8.70. The molecule has 2 aromatic rings. The van der Waals surface area contributed by atoms with Crippen molar-refractivity contribution in [3.8, 4) is 11.4 Å². The predicted octanol–water partition coefficient (Wildman–Crippen LogP) is 0.840. The molecule has 0 radical (unpaired) electrons. The van der Waals surface area contributed by atoms with Gasteiger partial charge in [0.2, 0.25) is 5.82 Å². The molecule has 94 valence electrons. The summed E-state index contributed by atoms with van der Waals surface area (Å²) in [6, 6.07) is 7.15. The molecular weight excluding hydrogens is 234 g/mol. The molecule has 0 aliphatic carbocycles. The van der Waals surface area contributed by atoms with E-state index in [4.69, 9.17) is 4.74 Å². The molecule has 2 N–H and O–H groups in total. The summed E-state index contributed by atoms with van der Waals surface area (Å²) < 4.78 is 4.92. The SMILES string of the molecule is CO[C@@H](C)C(=O)Nc1ccc(-c2nn[nH]n2)cc1. The predicted molar refractivity (Wildman–Crippen MR) is 64.7 cm³/mol. The third-order valence-electron chi connectivity index (χ3n) is 2.48. The largest absolute Gasteiger partial charge is 0.372 e. The van der Waals surface area contributed by atoms with E-state index in [0.717, 1.165) is 5.56 Å². The van der Waals surface area contributed by atoms with Gasteiger partial charge in [0.05, 0.1) is 0 Å². The fraction of sp³-hybridized carbons (Fsp3) is 0.273. The van der Waals surface area contributed by atoms with Crippen molar-refractivity contribution in [3.63, 3.8) is 0 Å². The van der Waals surface area contributed by atoms with Crippen molar-refractivity contribution in [1.82, 2.24) is 20.6 Å². The number of nitrogens with zero attached hydrogens (tertiary/aromatic N) is 3. The number of amides is 1. The van der Waals surface area contributed by atoms with Crippen molar-refractivity contribution in [2.24, 2.45) is 0 Å². The van der Waals surface area contributed by atoms with Crippen LogP contribution < -0.4 is 5.32 Å². The van der Waals surface area contributed by atoms with Crippen LogP contribution >= 0.6 is 0 Å². The van der Waals surface area contributed by atoms with Gasteiger partial charge < -0.3 is 10.1 Å². The summed E-state index contributed by atoms with van der Waals surface area (Å²) in [5.41, 5.74) is 1.51. The lowest BCUT2D eigenvalue weighted by Crippen LogP contribution is -2.26. The van der Waals surface area contributed by atoms with Crippen LogP contribution in [-0.2, 0) is 9.53 Å². The molecule has 1 aromatic carbocycles. The summed E-state index contributed by atoms with van der Waals surface area (Å²) in [4.78, 5) is 11.6. The van der Waals surface area contributed by atoms with Crippen LogP contribution in [0.5, 0.6) is 0 Å². The van der Waals surface area contributed by atoms with Crippen LogP contribution in [0.15, 0.2) is 24.3 Å². The highest BCUT2D eigenvalue weighted by molar-refractivity contribution is 5.94. The van der Waals surface area contributed by atoms with Crippen LogP contribution in [0.3, 0.4) is 0 Å². The number of ether oxygens (including phenoxy) is 1. The number of carbonyl (C=O) groups excluding carboxylic acids is 1. The molecule has 0 saturated heterocycles. The number of benzene rings is 1. The minimum atomic E-state index is -0.484. The number of anilines is 1. The number of carbonyl (C=O) groups is 1. The van der Waals surface area contributed by atoms with Gasteiger partial charge in [-0.25, -0.2) is 0 Å². The van der Waals surface area contributed by atoms with Crippen molar-refractivity contribution in [3.05, 3.63) is 24.3 Å². The lowest BCUT2D eigenvalue weighted by Gasteiger charge is -2.10. The number of tetrazole rings is 1. The fourth-order valence-electron chi connectivity index (χ4n) is 1.34. The van der Waals surface area contributed by atoms with Crippen LogP contribution in [0.1, 0.15) is 6.92 Å². The van der Waals surface area contributed by atoms with Crippen molar-refractivity contribution in [1.29, 1.82) is 0 Å². The maximum Gasteiger partial charge on any atom is 0.253 e. The summed E-state index contributed by atoms with van der Waals surface area (Å²) in [5, 5.41) is 16.3. The lowest BCUT2D eigenvalue weighted by molar-refractivity contribution is -0.124. The summed E-state index contributed by atoms with van der Waals surface area (Å²) in [6.07, 6.45) is -0.484. The summed E-state index contributed by atoms with van der Waals surface area (Å²) in [7, 11) is 1.49. The molecule has 1 aromatic heterocycles. The van der Waals surface area contributed by atoms with Crippen molar-refractivity contribution < 1.29 is 9.53 Å². The van der Waals surface area contributed by atoms with Gasteiger partial charge in [0.25, 0.3) is 5.91 Å². The smallest absolute Gasteiger partial charge is 0.253 e. The van der Waals surface area contributed by atoms with E-state index in [9.17, 15) is 4.79 Å². The van der Waals surface area contributed by atoms with Gasteiger partial charge in [-0.2, -0.15) is 5.21 Å². The maximum atomic E-state index is 11.6. The summed E-state index contributed by atoms with van der Waals surface area (Å²) >= 11 is 0. The molecule has 7 nitrogen and oxygen atoms in total. The molecular formula is C11H13N5O2. The first-order valence-electron chi connectivity index (χ1n) is 5.38. The Kier molecular flexibility index (Phi) is 3.63. The number of H-pyrrole nitrogens is 1. The van der Waals surface area contributed by atoms with Gasteiger partial charge in [-0.05, 0) is 36.4 Å². The molecule has 0 unspecified atom stereocenters. The number of nitrogens with one attached hydrogen (secondary N) is 2. The number of rotatable bonds is 4. The lowest BCUT2D eigenvalue weighted by atomic mass is 10.2. The normalized spacial score (nSPS) is 12.1. The quantitative estimate of drug-likeness (QED) is 0.835. The summed E-state index contributed by atoms with van der Waals surface area (Å²) in [5.74, 6) is 0.322. The van der Waals surface area contributed by atoms with Crippen molar-refractivity contribution >= 4 is 11.6 Å². The van der Waals surface area contributed by atoms with E-state index < -0.39 is 6.10 Å². The van der Waals surface area contributed by atoms with Crippen LogP contribution in [-0.4, -0.2) is 39.7 Å². The molecule has 0 spiro atoms. The monoisotopic (exact) mass is 247 g/mol. The van der Waals surface area contributed by atoms with Crippen LogP contribution in [0.2, 0.25) is 0 Å². The second kappa shape index (κ2) is 5.37. The maximum absolute atomic E-state index is 11.6. The molecule has 0 bridgehead atoms. The second-order valence-corrected chi connectivity index (χ2v) is 3.68. The highest BCUT2D eigenvalue weighted by Gasteiger charge is 2.11. The highest BCUT2D eigenvalue weighted by atomic mass is 16.5. The van der Waals surface area contributed by atoms with Crippen LogP contribution in [0.25, 0.3) is 11.4 Å². The molecule has 18 heavy (non-hydrogen) atoms. The Morgan fingerprint density at radius 2 is 2.11 bits per heavy atom. The average molecular weight is 247 g/mol. The minimum absolute atomic E-state index is 0.190. The molecule has 0 aliphatic heterocycles. The molecule has 2 rings (SSSR count). The molecule has 1 heterocycles. The summed E-state index contributed by atoms with van der Waals surface area (Å²) in [6.45, 7) is 1.68. The van der Waals surface area contributed by atoms with Gasteiger partial charge in [-0.3, -0.25) is 4.79 Å². The van der Waals surface area contributed by atoms with Crippen molar-refractivity contribution in [2.45, 2.75) is 13.0 Å². The Labute approximate surface area is 104 Å². The molecule has 1 amide bonds. The van der Waals surface area contributed by atoms with E-state index >= 15 is 0 Å². The number of aromatic nitrogens is 4. The zero-order valence-corrected chi connectivity index (χ0v) is 10.0. The van der Waals surface area contributed by atoms with Gasteiger partial charge in [-0.1, -0.05) is 0 Å². The van der Waals surface area contributed by atoms with E-state index in [0.29, 0.717) is 11.5 Å². The molecule has 0 saturated carbocycles. The van der Waals surface area contributed by atoms with E-state index in [1.54, 1.807) is 31.2 Å². The Balaban J connectivity index is 2.06. The highest BCUT2D eigenvalue weighted by Crippen LogP contribution is 2.16. The molecule has 1 atom stereocenters. The Morgan fingerprint density at radius 1 is 1.39 bits per heavy atom. The standard InChI is InChI=1S/C11H13N5O2/c1-7(18-2)11(17)12-9-5-3-8(4-6-9)10-13-15-16-14-10/h3-7H,1-2H3,(H,12,17)(H,13,14,15,16)/t7-/m0/s1. The topological polar surface area (TPSA) is 92.8 Å². The first kappa shape index (κ1) is 12.2. The Hall–Kier alpha value is -2.28. The first-order valence-corrected chi connectivity index (χ1v) is 5.38. The van der Waals surface area contributed by atoms with Gasteiger partial charge in [0, 0.05) is 18.4 Å². The van der Waals surface area contributed by atoms with Gasteiger partial charge in [0.15, 0.2) is 0 Å². The van der Waals surface area contributed by atoms with Gasteiger partial charge in [0.1, 0.15) is 6.10 Å². The number of methoxy groups -OCH3 is 1. The fourth-order valence-corrected chi connectivity index (χ4v) is 1.34. The zero-order chi connectivity index (χ0) is 13.0. The van der Waals surface area contributed by atoms with E-state index in [1.807, 2.05) is 0 Å². The minimum Gasteiger partial charge on any atom is -0.372 e. The number of hydrogen-bond acceptors (Lipinski definition) is 5. The average Bonchev–Trinajstić information content (AvgIpc) is 2.92. The number of aromatic amines is 1. The number of hydrogen-bond donors (Lipinski definition) is 2. The Bertz CT molecular complexity index is 509. The van der Waals surface area contributed by atoms with Gasteiger partial charge >= 0.3 is 0 Å². The van der Waals surface area contributed by atoms with Crippen molar-refractivity contribution in [2.75, 3.05) is 12.4 Å². The molecule has 7 heteroatoms. The molecule has 0 aliphatic rings. The van der Waals surface area contributed by atoms with E-state index in [-0.39, 0.29) is 5.91 Å². The van der Waals surface area contributed by atoms with E-state index in [1.165, 1.54) is 7.11 Å². The van der Waals surface area contributed by atoms with Crippen LogP contribution in [0.4, 0.5) is 5.69 Å². The third-order valence-corrected chi connectivity index (χ3v) is 2.48. The zero-order valence-electron chi connectivity index (χ0n) is 10.0. The van der Waals surface area contributed by atoms with Crippen LogP contribution in [0, 0.1) is 0 Å². The van der Waals surface area contributed by atoms with Gasteiger partial charge in [-0.15, -0.1) is 10.2 Å². The third kappa shape index (κ3) is 2.69. The molecule has 0 fully saturated rings.